The number of halogens is 2. The molecule has 0 fully saturated rings. The third kappa shape index (κ3) is 4.12. The zero-order valence-corrected chi connectivity index (χ0v) is 13.5. The number of ether oxygens (including phenoxy) is 2. The Morgan fingerprint density at radius 3 is 2.55 bits per heavy atom. The van der Waals surface area contributed by atoms with Crippen LogP contribution in [0.25, 0.3) is 0 Å². The molecule has 0 saturated heterocycles. The van der Waals surface area contributed by atoms with Crippen LogP contribution in [0.5, 0.6) is 11.5 Å². The second kappa shape index (κ2) is 8.01. The average molecular weight is 325 g/mol. The molecule has 0 aliphatic carbocycles. The molecule has 118 valence electrons. The van der Waals surface area contributed by atoms with Gasteiger partial charge in [0.25, 0.3) is 0 Å². The van der Waals surface area contributed by atoms with Gasteiger partial charge in [0.2, 0.25) is 0 Å². The standard InChI is InChI=1S/C17H19ClFNO2/c1-21-16-7-6-12(10-17(16)22-2)8-9-20-11-13-14(18)4-3-5-15(13)19/h3-7,10,20H,8-9,11H2,1-2H3/p+1. The van der Waals surface area contributed by atoms with E-state index in [1.54, 1.807) is 26.4 Å². The first-order valence-electron chi connectivity index (χ1n) is 7.11. The number of methoxy groups -OCH3 is 2. The zero-order valence-electron chi connectivity index (χ0n) is 12.7. The summed E-state index contributed by atoms with van der Waals surface area (Å²) < 4.78 is 24.1. The Labute approximate surface area is 135 Å². The van der Waals surface area contributed by atoms with Crippen LogP contribution in [0.15, 0.2) is 36.4 Å². The van der Waals surface area contributed by atoms with Crippen LogP contribution in [-0.4, -0.2) is 20.8 Å². The summed E-state index contributed by atoms with van der Waals surface area (Å²) in [6.45, 7) is 1.36. The van der Waals surface area contributed by atoms with Crippen molar-refractivity contribution in [2.24, 2.45) is 0 Å². The predicted molar refractivity (Wildman–Crippen MR) is 85.2 cm³/mol. The fraction of sp³-hybridized carbons (Fsp3) is 0.294. The summed E-state index contributed by atoms with van der Waals surface area (Å²) in [5, 5.41) is 2.52. The quantitative estimate of drug-likeness (QED) is 0.795. The smallest absolute Gasteiger partial charge is 0.160 e. The second-order valence-corrected chi connectivity index (χ2v) is 5.33. The Morgan fingerprint density at radius 1 is 1.09 bits per heavy atom. The van der Waals surface area contributed by atoms with Crippen molar-refractivity contribution in [2.45, 2.75) is 13.0 Å². The van der Waals surface area contributed by atoms with Crippen molar-refractivity contribution in [3.8, 4) is 11.5 Å². The van der Waals surface area contributed by atoms with E-state index in [2.05, 4.69) is 0 Å². The molecule has 5 heteroatoms. The molecule has 2 aromatic carbocycles. The van der Waals surface area contributed by atoms with Crippen molar-refractivity contribution >= 4 is 11.6 Å². The van der Waals surface area contributed by atoms with Crippen LogP contribution in [0.4, 0.5) is 4.39 Å². The molecule has 0 atom stereocenters. The lowest BCUT2D eigenvalue weighted by Gasteiger charge is -2.09. The Balaban J connectivity index is 1.89. The van der Waals surface area contributed by atoms with E-state index in [4.69, 9.17) is 21.1 Å². The van der Waals surface area contributed by atoms with E-state index in [1.165, 1.54) is 6.07 Å². The minimum absolute atomic E-state index is 0.255. The average Bonchev–Trinajstić information content (AvgIpc) is 2.53. The van der Waals surface area contributed by atoms with Crippen molar-refractivity contribution in [1.29, 1.82) is 0 Å². The van der Waals surface area contributed by atoms with Gasteiger partial charge in [0, 0.05) is 6.42 Å². The monoisotopic (exact) mass is 324 g/mol. The summed E-state index contributed by atoms with van der Waals surface area (Å²) in [5.74, 6) is 1.18. The largest absolute Gasteiger partial charge is 0.493 e. The normalized spacial score (nSPS) is 10.5. The second-order valence-electron chi connectivity index (χ2n) is 4.92. The predicted octanol–water partition coefficient (Wildman–Crippen LogP) is 2.80. The molecule has 0 aliphatic heterocycles. The highest BCUT2D eigenvalue weighted by Crippen LogP contribution is 2.27. The van der Waals surface area contributed by atoms with Gasteiger partial charge in [0.15, 0.2) is 11.5 Å². The summed E-state index contributed by atoms with van der Waals surface area (Å²) in [5.41, 5.74) is 1.70. The number of nitrogens with two attached hydrogens (primary N) is 1. The van der Waals surface area contributed by atoms with Gasteiger partial charge >= 0.3 is 0 Å². The molecule has 0 bridgehead atoms. The maximum Gasteiger partial charge on any atom is 0.160 e. The Hall–Kier alpha value is -1.78. The fourth-order valence-electron chi connectivity index (χ4n) is 2.28. The van der Waals surface area contributed by atoms with Gasteiger partial charge in [-0.05, 0) is 29.8 Å². The first kappa shape index (κ1) is 16.6. The molecule has 0 aliphatic rings. The Bertz CT molecular complexity index is 614. The Morgan fingerprint density at radius 2 is 1.86 bits per heavy atom. The van der Waals surface area contributed by atoms with Crippen LogP contribution in [0.1, 0.15) is 11.1 Å². The summed E-state index contributed by atoms with van der Waals surface area (Å²) >= 11 is 6.01. The van der Waals surface area contributed by atoms with Gasteiger partial charge in [0.1, 0.15) is 12.4 Å². The molecule has 22 heavy (non-hydrogen) atoms. The zero-order chi connectivity index (χ0) is 15.9. The van der Waals surface area contributed by atoms with Crippen molar-refractivity contribution in [2.75, 3.05) is 20.8 Å². The fourth-order valence-corrected chi connectivity index (χ4v) is 2.52. The molecule has 2 N–H and O–H groups in total. The maximum absolute atomic E-state index is 13.6. The molecular formula is C17H20ClFNO2+. The van der Waals surface area contributed by atoms with Crippen LogP contribution >= 0.6 is 11.6 Å². The summed E-state index contributed by atoms with van der Waals surface area (Å²) in [6.07, 6.45) is 0.854. The molecule has 0 radical (unpaired) electrons. The summed E-state index contributed by atoms with van der Waals surface area (Å²) in [6, 6.07) is 10.6. The Kier molecular flexibility index (Phi) is 6.04. The highest BCUT2D eigenvalue weighted by Gasteiger charge is 2.09. The highest BCUT2D eigenvalue weighted by molar-refractivity contribution is 6.31. The number of hydrogen-bond donors (Lipinski definition) is 1. The topological polar surface area (TPSA) is 35.1 Å². The van der Waals surface area contributed by atoms with Gasteiger partial charge in [-0.3, -0.25) is 0 Å². The van der Waals surface area contributed by atoms with E-state index in [1.807, 2.05) is 23.5 Å². The summed E-state index contributed by atoms with van der Waals surface area (Å²) in [4.78, 5) is 0. The van der Waals surface area contributed by atoms with E-state index < -0.39 is 0 Å². The van der Waals surface area contributed by atoms with Gasteiger partial charge < -0.3 is 14.8 Å². The minimum Gasteiger partial charge on any atom is -0.493 e. The third-order valence-electron chi connectivity index (χ3n) is 3.50. The van der Waals surface area contributed by atoms with Crippen molar-refractivity contribution in [1.82, 2.24) is 0 Å². The van der Waals surface area contributed by atoms with E-state index in [9.17, 15) is 4.39 Å². The third-order valence-corrected chi connectivity index (χ3v) is 3.85. The SMILES string of the molecule is COc1ccc(CC[NH2+]Cc2c(F)cccc2Cl)cc1OC. The van der Waals surface area contributed by atoms with Crippen LogP contribution in [0.3, 0.4) is 0 Å². The maximum atomic E-state index is 13.6. The molecule has 0 heterocycles. The molecule has 0 amide bonds. The van der Waals surface area contributed by atoms with Gasteiger partial charge in [-0.1, -0.05) is 23.7 Å². The molecule has 3 nitrogen and oxygen atoms in total. The lowest BCUT2D eigenvalue weighted by Crippen LogP contribution is -2.83. The van der Waals surface area contributed by atoms with E-state index >= 15 is 0 Å². The number of rotatable bonds is 7. The van der Waals surface area contributed by atoms with Crippen LogP contribution in [0.2, 0.25) is 5.02 Å². The van der Waals surface area contributed by atoms with Gasteiger partial charge in [0.05, 0.1) is 31.4 Å². The first-order valence-corrected chi connectivity index (χ1v) is 7.49. The lowest BCUT2D eigenvalue weighted by molar-refractivity contribution is -0.670. The van der Waals surface area contributed by atoms with Crippen molar-refractivity contribution in [3.63, 3.8) is 0 Å². The highest BCUT2D eigenvalue weighted by atomic mass is 35.5. The molecule has 0 unspecified atom stereocenters. The van der Waals surface area contributed by atoms with E-state index in [-0.39, 0.29) is 5.82 Å². The van der Waals surface area contributed by atoms with Crippen molar-refractivity contribution < 1.29 is 19.2 Å². The lowest BCUT2D eigenvalue weighted by atomic mass is 10.1. The molecular weight excluding hydrogens is 305 g/mol. The molecule has 0 saturated carbocycles. The molecule has 2 aromatic rings. The van der Waals surface area contributed by atoms with Gasteiger partial charge in [-0.15, -0.1) is 0 Å². The van der Waals surface area contributed by atoms with E-state index in [0.29, 0.717) is 22.9 Å². The number of benzene rings is 2. The van der Waals surface area contributed by atoms with Gasteiger partial charge in [-0.25, -0.2) is 4.39 Å². The van der Waals surface area contributed by atoms with E-state index in [0.717, 1.165) is 24.3 Å². The van der Waals surface area contributed by atoms with Gasteiger partial charge in [-0.2, -0.15) is 0 Å². The number of hydrogen-bond acceptors (Lipinski definition) is 2. The molecule has 0 aromatic heterocycles. The molecule has 2 rings (SSSR count). The number of quaternary nitrogens is 1. The van der Waals surface area contributed by atoms with Crippen molar-refractivity contribution in [3.05, 3.63) is 58.4 Å². The summed E-state index contributed by atoms with van der Waals surface area (Å²) in [7, 11) is 3.23. The minimum atomic E-state index is -0.255. The van der Waals surface area contributed by atoms with Crippen LogP contribution < -0.4 is 14.8 Å². The van der Waals surface area contributed by atoms with Crippen LogP contribution in [-0.2, 0) is 13.0 Å². The molecule has 0 spiro atoms. The van der Waals surface area contributed by atoms with Crippen LogP contribution in [0, 0.1) is 5.82 Å². The first-order chi connectivity index (χ1) is 10.7.